The summed E-state index contributed by atoms with van der Waals surface area (Å²) in [5.41, 5.74) is 0.515. The standard InChI is InChI=1S/C21H20FNO5S/c22-16-3-1-2-15(12-16)4-7-21(26)28-14-18(24)19-6-5-17(29-19)13-20(25)23-8-10-27-11-9-23/h1-7,12H,8-11,13-14H2/b7-4+. The largest absolute Gasteiger partial charge is 0.454 e. The fraction of sp³-hybridized carbons (Fsp3) is 0.286. The second-order valence-corrected chi connectivity index (χ2v) is 7.52. The lowest BCUT2D eigenvalue weighted by Crippen LogP contribution is -2.41. The minimum Gasteiger partial charge on any atom is -0.454 e. The van der Waals surface area contributed by atoms with E-state index in [-0.39, 0.29) is 18.1 Å². The highest BCUT2D eigenvalue weighted by Gasteiger charge is 2.19. The lowest BCUT2D eigenvalue weighted by Gasteiger charge is -2.26. The van der Waals surface area contributed by atoms with Gasteiger partial charge in [-0.2, -0.15) is 0 Å². The second-order valence-electron chi connectivity index (χ2n) is 6.36. The Hall–Kier alpha value is -2.84. The van der Waals surface area contributed by atoms with E-state index in [2.05, 4.69) is 0 Å². The SMILES string of the molecule is O=C(/C=C/c1cccc(F)c1)OCC(=O)c1ccc(CC(=O)N2CCOCC2)s1. The van der Waals surface area contributed by atoms with Crippen LogP contribution in [-0.2, 0) is 25.5 Å². The van der Waals surface area contributed by atoms with Crippen LogP contribution in [-0.4, -0.2) is 55.5 Å². The van der Waals surface area contributed by atoms with Crippen molar-refractivity contribution in [2.45, 2.75) is 6.42 Å². The van der Waals surface area contributed by atoms with Crippen LogP contribution < -0.4 is 0 Å². The average Bonchev–Trinajstić information content (AvgIpc) is 3.19. The molecule has 2 heterocycles. The molecule has 1 fully saturated rings. The first kappa shape index (κ1) is 20.9. The Morgan fingerprint density at radius 3 is 2.72 bits per heavy atom. The van der Waals surface area contributed by atoms with Crippen LogP contribution >= 0.6 is 11.3 Å². The Morgan fingerprint density at radius 1 is 1.17 bits per heavy atom. The third-order valence-electron chi connectivity index (χ3n) is 4.23. The first-order chi connectivity index (χ1) is 14.0. The van der Waals surface area contributed by atoms with Crippen molar-refractivity contribution in [3.8, 4) is 0 Å². The fourth-order valence-electron chi connectivity index (χ4n) is 2.73. The van der Waals surface area contributed by atoms with E-state index in [0.29, 0.717) is 36.7 Å². The van der Waals surface area contributed by atoms with E-state index in [1.807, 2.05) is 0 Å². The van der Waals surface area contributed by atoms with Gasteiger partial charge >= 0.3 is 5.97 Å². The predicted octanol–water partition coefficient (Wildman–Crippen LogP) is 2.73. The molecule has 0 radical (unpaired) electrons. The summed E-state index contributed by atoms with van der Waals surface area (Å²) in [4.78, 5) is 39.2. The molecule has 0 unspecified atom stereocenters. The van der Waals surface area contributed by atoms with Crippen LogP contribution in [0.1, 0.15) is 20.1 Å². The zero-order valence-electron chi connectivity index (χ0n) is 15.6. The maximum atomic E-state index is 13.1. The molecule has 3 rings (SSSR count). The lowest BCUT2D eigenvalue weighted by molar-refractivity contribution is -0.136. The summed E-state index contributed by atoms with van der Waals surface area (Å²) in [5.74, 6) is -1.44. The Labute approximate surface area is 171 Å². The van der Waals surface area contributed by atoms with Gasteiger partial charge in [0.05, 0.1) is 24.5 Å². The average molecular weight is 417 g/mol. The van der Waals surface area contributed by atoms with Gasteiger partial charge in [-0.15, -0.1) is 11.3 Å². The molecule has 1 saturated heterocycles. The van der Waals surface area contributed by atoms with Crippen LogP contribution in [0.3, 0.4) is 0 Å². The number of halogens is 1. The molecule has 1 amide bonds. The summed E-state index contributed by atoms with van der Waals surface area (Å²) in [6.45, 7) is 1.84. The van der Waals surface area contributed by atoms with Gasteiger partial charge < -0.3 is 14.4 Å². The first-order valence-electron chi connectivity index (χ1n) is 9.09. The molecule has 8 heteroatoms. The van der Waals surface area contributed by atoms with Gasteiger partial charge in [0.25, 0.3) is 0 Å². The summed E-state index contributed by atoms with van der Waals surface area (Å²) in [7, 11) is 0. The van der Waals surface area contributed by atoms with Gasteiger partial charge in [0.2, 0.25) is 11.7 Å². The van der Waals surface area contributed by atoms with E-state index >= 15 is 0 Å². The molecule has 0 N–H and O–H groups in total. The van der Waals surface area contributed by atoms with Gasteiger partial charge in [-0.1, -0.05) is 12.1 Å². The summed E-state index contributed by atoms with van der Waals surface area (Å²) in [6.07, 6.45) is 2.79. The summed E-state index contributed by atoms with van der Waals surface area (Å²) in [6, 6.07) is 9.12. The van der Waals surface area contributed by atoms with Crippen molar-refractivity contribution in [2.75, 3.05) is 32.9 Å². The molecule has 1 aliphatic rings. The Morgan fingerprint density at radius 2 is 1.97 bits per heavy atom. The summed E-state index contributed by atoms with van der Waals surface area (Å²) in [5, 5.41) is 0. The van der Waals surface area contributed by atoms with E-state index in [4.69, 9.17) is 9.47 Å². The first-order valence-corrected chi connectivity index (χ1v) is 9.91. The van der Waals surface area contributed by atoms with Crippen molar-refractivity contribution in [1.29, 1.82) is 0 Å². The number of amides is 1. The molecule has 1 aromatic carbocycles. The topological polar surface area (TPSA) is 72.9 Å². The van der Waals surface area contributed by atoms with Crippen molar-refractivity contribution in [3.05, 3.63) is 63.6 Å². The van der Waals surface area contributed by atoms with E-state index in [1.165, 1.54) is 35.6 Å². The minimum atomic E-state index is -0.693. The van der Waals surface area contributed by atoms with Crippen LogP contribution in [0.15, 0.2) is 42.5 Å². The number of ketones is 1. The maximum Gasteiger partial charge on any atom is 0.331 e. The number of ether oxygens (including phenoxy) is 2. The van der Waals surface area contributed by atoms with E-state index in [1.54, 1.807) is 23.1 Å². The van der Waals surface area contributed by atoms with Gasteiger partial charge in [-0.3, -0.25) is 9.59 Å². The quantitative estimate of drug-likeness (QED) is 0.394. The minimum absolute atomic E-state index is 0.00284. The fourth-order valence-corrected chi connectivity index (χ4v) is 3.65. The molecule has 0 atom stereocenters. The molecule has 0 aliphatic carbocycles. The predicted molar refractivity (Wildman–Crippen MR) is 106 cm³/mol. The van der Waals surface area contributed by atoms with Crippen LogP contribution in [0, 0.1) is 5.82 Å². The summed E-state index contributed by atoms with van der Waals surface area (Å²) >= 11 is 1.22. The van der Waals surface area contributed by atoms with Crippen molar-refractivity contribution in [3.63, 3.8) is 0 Å². The Kier molecular flexibility index (Phi) is 7.26. The van der Waals surface area contributed by atoms with Crippen LogP contribution in [0.4, 0.5) is 4.39 Å². The van der Waals surface area contributed by atoms with E-state index in [0.717, 1.165) is 11.0 Å². The molecule has 0 spiro atoms. The number of morpholine rings is 1. The monoisotopic (exact) mass is 417 g/mol. The number of Topliss-reactive ketones (excluding diaryl/α,β-unsaturated/α-hetero) is 1. The number of thiophene rings is 1. The number of esters is 1. The molecule has 0 bridgehead atoms. The van der Waals surface area contributed by atoms with Crippen molar-refractivity contribution >= 4 is 35.1 Å². The van der Waals surface area contributed by atoms with Crippen LogP contribution in [0.2, 0.25) is 0 Å². The van der Waals surface area contributed by atoms with Gasteiger partial charge in [-0.05, 0) is 35.9 Å². The third kappa shape index (κ3) is 6.33. The molecule has 152 valence electrons. The second kappa shape index (κ2) is 10.1. The van der Waals surface area contributed by atoms with Gasteiger partial charge in [0, 0.05) is 24.0 Å². The number of hydrogen-bond donors (Lipinski definition) is 0. The zero-order chi connectivity index (χ0) is 20.6. The highest BCUT2D eigenvalue weighted by atomic mass is 32.1. The number of nitrogens with zero attached hydrogens (tertiary/aromatic N) is 1. The molecule has 0 saturated carbocycles. The normalized spacial score (nSPS) is 14.2. The lowest BCUT2D eigenvalue weighted by atomic mass is 10.2. The van der Waals surface area contributed by atoms with Gasteiger partial charge in [-0.25, -0.2) is 9.18 Å². The molecule has 29 heavy (non-hydrogen) atoms. The number of benzene rings is 1. The van der Waals surface area contributed by atoms with Crippen molar-refractivity contribution in [2.24, 2.45) is 0 Å². The van der Waals surface area contributed by atoms with Crippen LogP contribution in [0.5, 0.6) is 0 Å². The van der Waals surface area contributed by atoms with Gasteiger partial charge in [0.15, 0.2) is 6.61 Å². The van der Waals surface area contributed by atoms with Crippen LogP contribution in [0.25, 0.3) is 6.08 Å². The molecule has 1 aromatic heterocycles. The number of rotatable bonds is 7. The number of carbonyl (C=O) groups excluding carboxylic acids is 3. The van der Waals surface area contributed by atoms with Crippen molar-refractivity contribution in [1.82, 2.24) is 4.90 Å². The molecular weight excluding hydrogens is 397 g/mol. The number of carbonyl (C=O) groups is 3. The smallest absolute Gasteiger partial charge is 0.331 e. The third-order valence-corrected chi connectivity index (χ3v) is 5.36. The molecule has 1 aliphatic heterocycles. The number of hydrogen-bond acceptors (Lipinski definition) is 6. The molecule has 6 nitrogen and oxygen atoms in total. The van der Waals surface area contributed by atoms with E-state index < -0.39 is 18.4 Å². The van der Waals surface area contributed by atoms with Gasteiger partial charge in [0.1, 0.15) is 5.82 Å². The highest BCUT2D eigenvalue weighted by Crippen LogP contribution is 2.19. The zero-order valence-corrected chi connectivity index (χ0v) is 16.5. The molecular formula is C21H20FNO5S. The van der Waals surface area contributed by atoms with E-state index in [9.17, 15) is 18.8 Å². The maximum absolute atomic E-state index is 13.1. The van der Waals surface area contributed by atoms with Crippen molar-refractivity contribution < 1.29 is 28.2 Å². The Bertz CT molecular complexity index is 917. The Balaban J connectivity index is 1.47. The molecule has 2 aromatic rings. The highest BCUT2D eigenvalue weighted by molar-refractivity contribution is 7.14. The summed E-state index contributed by atoms with van der Waals surface area (Å²) < 4.78 is 23.3.